The van der Waals surface area contributed by atoms with Crippen molar-refractivity contribution in [2.45, 2.75) is 43.2 Å². The van der Waals surface area contributed by atoms with Crippen LogP contribution in [-0.2, 0) is 4.79 Å². The van der Waals surface area contributed by atoms with E-state index in [1.807, 2.05) is 6.26 Å². The average Bonchev–Trinajstić information content (AvgIpc) is 2.28. The first-order valence-corrected chi connectivity index (χ1v) is 7.19. The molecule has 0 bridgehead atoms. The van der Waals surface area contributed by atoms with Gasteiger partial charge in [0.1, 0.15) is 0 Å². The molecule has 18 heavy (non-hydrogen) atoms. The van der Waals surface area contributed by atoms with E-state index >= 15 is 0 Å². The maximum absolute atomic E-state index is 12.4. The summed E-state index contributed by atoms with van der Waals surface area (Å²) in [6.07, 6.45) is 0.925. The van der Waals surface area contributed by atoms with Gasteiger partial charge in [0.05, 0.1) is 0 Å². The van der Waals surface area contributed by atoms with Crippen LogP contribution in [0.5, 0.6) is 0 Å². The van der Waals surface area contributed by atoms with Crippen LogP contribution in [0.25, 0.3) is 0 Å². The summed E-state index contributed by atoms with van der Waals surface area (Å²) in [5.74, 6) is -4.12. The Morgan fingerprint density at radius 3 is 2.33 bits per heavy atom. The molecule has 0 saturated heterocycles. The topological polar surface area (TPSA) is 49.3 Å². The number of carboxylic acid groups (broad SMARTS) is 1. The molecule has 1 fully saturated rings. The van der Waals surface area contributed by atoms with E-state index in [0.29, 0.717) is 5.25 Å². The Bertz CT molecular complexity index is 278. The number of nitrogens with one attached hydrogen (secondary N) is 1. The highest BCUT2D eigenvalue weighted by molar-refractivity contribution is 7.99. The molecule has 1 saturated carbocycles. The van der Waals surface area contributed by atoms with Crippen molar-refractivity contribution < 1.29 is 23.1 Å². The first kappa shape index (κ1) is 15.6. The van der Waals surface area contributed by atoms with Gasteiger partial charge in [-0.25, -0.2) is 0 Å². The van der Waals surface area contributed by atoms with Crippen LogP contribution in [0.15, 0.2) is 0 Å². The van der Waals surface area contributed by atoms with Crippen molar-refractivity contribution in [3.05, 3.63) is 0 Å². The van der Waals surface area contributed by atoms with Gasteiger partial charge in [0.25, 0.3) is 0 Å². The molecule has 1 aliphatic rings. The van der Waals surface area contributed by atoms with E-state index in [9.17, 15) is 18.0 Å². The number of thioether (sulfide) groups is 1. The van der Waals surface area contributed by atoms with Crippen LogP contribution >= 0.6 is 11.8 Å². The summed E-state index contributed by atoms with van der Waals surface area (Å²) >= 11 is 1.78. The predicted octanol–water partition coefficient (Wildman–Crippen LogP) is 2.51. The number of hydrogen-bond donors (Lipinski definition) is 2. The molecule has 7 heteroatoms. The highest BCUT2D eigenvalue weighted by atomic mass is 32.2. The number of alkyl halides is 3. The molecule has 106 valence electrons. The van der Waals surface area contributed by atoms with E-state index in [1.54, 1.807) is 11.8 Å². The number of carboxylic acids is 1. The van der Waals surface area contributed by atoms with Crippen molar-refractivity contribution in [1.29, 1.82) is 0 Å². The lowest BCUT2D eigenvalue weighted by Crippen LogP contribution is -2.43. The van der Waals surface area contributed by atoms with Crippen molar-refractivity contribution >= 4 is 17.7 Å². The molecule has 0 radical (unpaired) electrons. The number of halogens is 3. The van der Waals surface area contributed by atoms with Crippen LogP contribution in [0.1, 0.15) is 25.7 Å². The fourth-order valence-electron chi connectivity index (χ4n) is 2.13. The third-order valence-corrected chi connectivity index (χ3v) is 4.45. The largest absolute Gasteiger partial charge is 0.481 e. The van der Waals surface area contributed by atoms with E-state index in [4.69, 9.17) is 5.11 Å². The minimum Gasteiger partial charge on any atom is -0.481 e. The SMILES string of the molecule is CSC1CCC(NCC(C(=O)O)C(F)(F)F)CC1. The van der Waals surface area contributed by atoms with Crippen LogP contribution < -0.4 is 5.32 Å². The fourth-order valence-corrected chi connectivity index (χ4v) is 2.87. The second kappa shape index (κ2) is 6.65. The monoisotopic (exact) mass is 285 g/mol. The smallest absolute Gasteiger partial charge is 0.403 e. The zero-order valence-electron chi connectivity index (χ0n) is 10.2. The van der Waals surface area contributed by atoms with Crippen LogP contribution in [0, 0.1) is 5.92 Å². The van der Waals surface area contributed by atoms with Crippen LogP contribution in [0.3, 0.4) is 0 Å². The number of rotatable bonds is 5. The molecule has 1 rings (SSSR count). The van der Waals surface area contributed by atoms with Crippen LogP contribution in [0.4, 0.5) is 13.2 Å². The molecule has 0 amide bonds. The van der Waals surface area contributed by atoms with Gasteiger partial charge in [-0.15, -0.1) is 0 Å². The van der Waals surface area contributed by atoms with E-state index < -0.39 is 24.6 Å². The van der Waals surface area contributed by atoms with Gasteiger partial charge in [-0.3, -0.25) is 4.79 Å². The Morgan fingerprint density at radius 2 is 1.94 bits per heavy atom. The second-order valence-corrected chi connectivity index (χ2v) is 5.69. The van der Waals surface area contributed by atoms with Crippen LogP contribution in [-0.4, -0.2) is 41.3 Å². The lowest BCUT2D eigenvalue weighted by atomic mass is 9.94. The molecule has 2 N–H and O–H groups in total. The van der Waals surface area contributed by atoms with E-state index in [-0.39, 0.29) is 6.04 Å². The van der Waals surface area contributed by atoms with Gasteiger partial charge in [0.2, 0.25) is 0 Å². The Labute approximate surface area is 109 Å². The summed E-state index contributed by atoms with van der Waals surface area (Å²) < 4.78 is 37.3. The average molecular weight is 285 g/mol. The Balaban J connectivity index is 2.38. The Kier molecular flexibility index (Phi) is 5.78. The van der Waals surface area contributed by atoms with Gasteiger partial charge in [-0.1, -0.05) is 0 Å². The summed E-state index contributed by atoms with van der Waals surface area (Å²) in [6, 6.07) is 0.0117. The lowest BCUT2D eigenvalue weighted by Gasteiger charge is -2.29. The molecule has 0 spiro atoms. The standard InChI is InChI=1S/C11H18F3NO2S/c1-18-8-4-2-7(3-5-8)15-6-9(10(16)17)11(12,13)14/h7-9,15H,2-6H2,1H3,(H,16,17). The molecule has 1 atom stereocenters. The molecule has 0 aromatic heterocycles. The molecule has 1 unspecified atom stereocenters. The molecule has 0 heterocycles. The molecular weight excluding hydrogens is 267 g/mol. The van der Waals surface area contributed by atoms with Gasteiger partial charge in [-0.05, 0) is 31.9 Å². The lowest BCUT2D eigenvalue weighted by molar-refractivity contribution is -0.192. The Hall–Kier alpha value is -0.430. The highest BCUT2D eigenvalue weighted by Gasteiger charge is 2.45. The second-order valence-electron chi connectivity index (χ2n) is 4.55. The van der Waals surface area contributed by atoms with Crippen molar-refractivity contribution in [2.24, 2.45) is 5.92 Å². The first-order valence-electron chi connectivity index (χ1n) is 5.90. The first-order chi connectivity index (χ1) is 8.34. The molecule has 0 aromatic carbocycles. The molecule has 3 nitrogen and oxygen atoms in total. The summed E-state index contributed by atoms with van der Waals surface area (Å²) in [6.45, 7) is -0.534. The van der Waals surface area contributed by atoms with Crippen LogP contribution in [0.2, 0.25) is 0 Å². The molecule has 0 aromatic rings. The van der Waals surface area contributed by atoms with Gasteiger partial charge >= 0.3 is 12.1 Å². The van der Waals surface area contributed by atoms with Crippen molar-refractivity contribution in [2.75, 3.05) is 12.8 Å². The highest BCUT2D eigenvalue weighted by Crippen LogP contribution is 2.29. The fraction of sp³-hybridized carbons (Fsp3) is 0.909. The van der Waals surface area contributed by atoms with Crippen molar-refractivity contribution in [1.82, 2.24) is 5.32 Å². The normalized spacial score (nSPS) is 26.9. The maximum Gasteiger partial charge on any atom is 0.403 e. The zero-order chi connectivity index (χ0) is 13.8. The predicted molar refractivity (Wildman–Crippen MR) is 64.7 cm³/mol. The van der Waals surface area contributed by atoms with Gasteiger partial charge in [-0.2, -0.15) is 24.9 Å². The minimum atomic E-state index is -4.69. The number of carbonyl (C=O) groups is 1. The molecule has 1 aliphatic carbocycles. The third kappa shape index (κ3) is 4.68. The molecular formula is C11H18F3NO2S. The van der Waals surface area contributed by atoms with Gasteiger partial charge < -0.3 is 10.4 Å². The summed E-state index contributed by atoms with van der Waals surface area (Å²) in [5.41, 5.74) is 0. The Morgan fingerprint density at radius 1 is 1.39 bits per heavy atom. The quantitative estimate of drug-likeness (QED) is 0.815. The maximum atomic E-state index is 12.4. The number of aliphatic carboxylic acids is 1. The zero-order valence-corrected chi connectivity index (χ0v) is 11.0. The summed E-state index contributed by atoms with van der Waals surface area (Å²) in [7, 11) is 0. The molecule has 0 aliphatic heterocycles. The third-order valence-electron chi connectivity index (χ3n) is 3.31. The summed E-state index contributed by atoms with van der Waals surface area (Å²) in [5, 5.41) is 11.9. The van der Waals surface area contributed by atoms with Gasteiger partial charge in [0, 0.05) is 17.8 Å². The van der Waals surface area contributed by atoms with Crippen molar-refractivity contribution in [3.63, 3.8) is 0 Å². The summed E-state index contributed by atoms with van der Waals surface area (Å²) in [4.78, 5) is 10.6. The van der Waals surface area contributed by atoms with E-state index in [1.165, 1.54) is 0 Å². The van der Waals surface area contributed by atoms with E-state index in [2.05, 4.69) is 5.32 Å². The van der Waals surface area contributed by atoms with Gasteiger partial charge in [0.15, 0.2) is 5.92 Å². The van der Waals surface area contributed by atoms with E-state index in [0.717, 1.165) is 25.7 Å². The minimum absolute atomic E-state index is 0.0117. The van der Waals surface area contributed by atoms with Crippen molar-refractivity contribution in [3.8, 4) is 0 Å². The number of hydrogen-bond acceptors (Lipinski definition) is 3.